The Morgan fingerprint density at radius 2 is 2.35 bits per heavy atom. The standard InChI is InChI=1S/C16H27N3O/c1-3-8-17-13(2)14-7-9-18-16(11-14)19-10-5-4-6-15(19)12-20/h7,9,11,13,15,17,20H,3-6,8,10,12H2,1-2H3. The van der Waals surface area contributed by atoms with Crippen molar-refractivity contribution in [3.8, 4) is 0 Å². The zero-order valence-corrected chi connectivity index (χ0v) is 12.7. The molecule has 2 N–H and O–H groups in total. The van der Waals surface area contributed by atoms with Gasteiger partial charge in [0.2, 0.25) is 0 Å². The largest absolute Gasteiger partial charge is 0.394 e. The van der Waals surface area contributed by atoms with Gasteiger partial charge in [-0.15, -0.1) is 0 Å². The summed E-state index contributed by atoms with van der Waals surface area (Å²) in [5.41, 5.74) is 1.27. The van der Waals surface area contributed by atoms with Crippen LogP contribution in [0, 0.1) is 0 Å². The molecule has 1 fully saturated rings. The average molecular weight is 277 g/mol. The molecule has 1 aromatic rings. The van der Waals surface area contributed by atoms with Crippen LogP contribution in [0.4, 0.5) is 5.82 Å². The first-order valence-corrected chi connectivity index (χ1v) is 7.83. The maximum Gasteiger partial charge on any atom is 0.129 e. The van der Waals surface area contributed by atoms with Crippen LogP contribution >= 0.6 is 0 Å². The maximum absolute atomic E-state index is 9.54. The highest BCUT2D eigenvalue weighted by Gasteiger charge is 2.23. The fraction of sp³-hybridized carbons (Fsp3) is 0.688. The zero-order chi connectivity index (χ0) is 14.4. The lowest BCUT2D eigenvalue weighted by Gasteiger charge is -2.35. The molecule has 0 amide bonds. The number of nitrogens with one attached hydrogen (secondary N) is 1. The van der Waals surface area contributed by atoms with Crippen molar-refractivity contribution in [3.63, 3.8) is 0 Å². The van der Waals surface area contributed by atoms with Crippen LogP contribution in [0.25, 0.3) is 0 Å². The van der Waals surface area contributed by atoms with Crippen molar-refractivity contribution in [2.75, 3.05) is 24.6 Å². The second-order valence-electron chi connectivity index (χ2n) is 5.65. The summed E-state index contributed by atoms with van der Waals surface area (Å²) in [7, 11) is 0. The van der Waals surface area contributed by atoms with Crippen LogP contribution in [-0.4, -0.2) is 35.8 Å². The van der Waals surface area contributed by atoms with Crippen molar-refractivity contribution in [3.05, 3.63) is 23.9 Å². The fourth-order valence-electron chi connectivity index (χ4n) is 2.83. The van der Waals surface area contributed by atoms with Gasteiger partial charge in [0.25, 0.3) is 0 Å². The first kappa shape index (κ1) is 15.3. The lowest BCUT2D eigenvalue weighted by Crippen LogP contribution is -2.42. The third-order valence-corrected chi connectivity index (χ3v) is 4.10. The molecule has 0 spiro atoms. The summed E-state index contributed by atoms with van der Waals surface area (Å²) in [5, 5.41) is 13.0. The monoisotopic (exact) mass is 277 g/mol. The minimum Gasteiger partial charge on any atom is -0.394 e. The highest BCUT2D eigenvalue weighted by molar-refractivity contribution is 5.43. The van der Waals surface area contributed by atoms with E-state index in [0.717, 1.165) is 31.7 Å². The van der Waals surface area contributed by atoms with Crippen molar-refractivity contribution in [1.29, 1.82) is 0 Å². The van der Waals surface area contributed by atoms with Crippen molar-refractivity contribution >= 4 is 5.82 Å². The molecule has 2 unspecified atom stereocenters. The van der Waals surface area contributed by atoms with Crippen LogP contribution < -0.4 is 10.2 Å². The van der Waals surface area contributed by atoms with Gasteiger partial charge in [-0.1, -0.05) is 6.92 Å². The number of aliphatic hydroxyl groups is 1. The number of piperidine rings is 1. The quantitative estimate of drug-likeness (QED) is 0.839. The highest BCUT2D eigenvalue weighted by Crippen LogP contribution is 2.25. The Morgan fingerprint density at radius 3 is 3.10 bits per heavy atom. The molecule has 1 aromatic heterocycles. The predicted octanol–water partition coefficient (Wildman–Crippen LogP) is 2.49. The fourth-order valence-corrected chi connectivity index (χ4v) is 2.83. The average Bonchev–Trinajstić information content (AvgIpc) is 2.52. The van der Waals surface area contributed by atoms with E-state index < -0.39 is 0 Å². The zero-order valence-electron chi connectivity index (χ0n) is 12.7. The molecule has 1 aliphatic rings. The van der Waals surface area contributed by atoms with Gasteiger partial charge in [-0.2, -0.15) is 0 Å². The summed E-state index contributed by atoms with van der Waals surface area (Å²) in [6, 6.07) is 4.82. The SMILES string of the molecule is CCCNC(C)c1ccnc(N2CCCCC2CO)c1. The van der Waals surface area contributed by atoms with Crippen molar-refractivity contribution < 1.29 is 5.11 Å². The van der Waals surface area contributed by atoms with Crippen LogP contribution in [0.2, 0.25) is 0 Å². The second-order valence-corrected chi connectivity index (χ2v) is 5.65. The molecule has 0 saturated carbocycles. The summed E-state index contributed by atoms with van der Waals surface area (Å²) in [6.07, 6.45) is 6.48. The van der Waals surface area contributed by atoms with E-state index in [0.29, 0.717) is 6.04 Å². The number of hydrogen-bond acceptors (Lipinski definition) is 4. The summed E-state index contributed by atoms with van der Waals surface area (Å²) in [5.74, 6) is 1.01. The molecule has 112 valence electrons. The minimum absolute atomic E-state index is 0.218. The molecule has 4 heteroatoms. The van der Waals surface area contributed by atoms with Gasteiger partial charge in [0.05, 0.1) is 12.6 Å². The van der Waals surface area contributed by atoms with E-state index in [1.807, 2.05) is 6.20 Å². The lowest BCUT2D eigenvalue weighted by atomic mass is 10.0. The first-order valence-electron chi connectivity index (χ1n) is 7.83. The number of aliphatic hydroxyl groups excluding tert-OH is 1. The van der Waals surface area contributed by atoms with Crippen LogP contribution in [0.3, 0.4) is 0 Å². The van der Waals surface area contributed by atoms with E-state index >= 15 is 0 Å². The van der Waals surface area contributed by atoms with E-state index in [2.05, 4.69) is 41.2 Å². The summed E-state index contributed by atoms with van der Waals surface area (Å²) < 4.78 is 0. The van der Waals surface area contributed by atoms with Crippen LogP contribution in [0.5, 0.6) is 0 Å². The minimum atomic E-state index is 0.218. The molecule has 0 aliphatic carbocycles. The lowest BCUT2D eigenvalue weighted by molar-refractivity contribution is 0.239. The van der Waals surface area contributed by atoms with Crippen LogP contribution in [0.15, 0.2) is 18.3 Å². The number of hydrogen-bond donors (Lipinski definition) is 2. The maximum atomic E-state index is 9.54. The Morgan fingerprint density at radius 1 is 1.50 bits per heavy atom. The molecule has 2 atom stereocenters. The second kappa shape index (κ2) is 7.60. The van der Waals surface area contributed by atoms with Crippen molar-refractivity contribution in [2.45, 2.75) is 51.6 Å². The molecule has 2 rings (SSSR count). The molecule has 0 bridgehead atoms. The predicted molar refractivity (Wildman–Crippen MR) is 83.0 cm³/mol. The topological polar surface area (TPSA) is 48.4 Å². The molecule has 4 nitrogen and oxygen atoms in total. The Kier molecular flexibility index (Phi) is 5.80. The third-order valence-electron chi connectivity index (χ3n) is 4.10. The van der Waals surface area contributed by atoms with E-state index in [1.54, 1.807) is 0 Å². The van der Waals surface area contributed by atoms with Gasteiger partial charge < -0.3 is 15.3 Å². The molecular weight excluding hydrogens is 250 g/mol. The third kappa shape index (κ3) is 3.70. The number of anilines is 1. The van der Waals surface area contributed by atoms with E-state index in [9.17, 15) is 5.11 Å². The number of nitrogens with zero attached hydrogens (tertiary/aromatic N) is 2. The van der Waals surface area contributed by atoms with E-state index in [1.165, 1.54) is 18.4 Å². The van der Waals surface area contributed by atoms with Gasteiger partial charge in [0, 0.05) is 18.8 Å². The van der Waals surface area contributed by atoms with Gasteiger partial charge >= 0.3 is 0 Å². The van der Waals surface area contributed by atoms with Crippen molar-refractivity contribution in [1.82, 2.24) is 10.3 Å². The van der Waals surface area contributed by atoms with Gasteiger partial charge in [-0.25, -0.2) is 4.98 Å². The molecular formula is C16H27N3O. The van der Waals surface area contributed by atoms with Gasteiger partial charge in [-0.3, -0.25) is 0 Å². The van der Waals surface area contributed by atoms with Crippen LogP contribution in [-0.2, 0) is 0 Å². The Labute approximate surface area is 122 Å². The normalized spacial score (nSPS) is 20.9. The number of pyridine rings is 1. The molecule has 0 radical (unpaired) electrons. The number of aromatic nitrogens is 1. The Balaban J connectivity index is 2.11. The summed E-state index contributed by atoms with van der Waals surface area (Å²) in [6.45, 7) is 6.61. The molecule has 0 aromatic carbocycles. The molecule has 20 heavy (non-hydrogen) atoms. The summed E-state index contributed by atoms with van der Waals surface area (Å²) >= 11 is 0. The first-order chi connectivity index (χ1) is 9.76. The summed E-state index contributed by atoms with van der Waals surface area (Å²) in [4.78, 5) is 6.77. The highest BCUT2D eigenvalue weighted by atomic mass is 16.3. The van der Waals surface area contributed by atoms with E-state index in [4.69, 9.17) is 0 Å². The Bertz CT molecular complexity index is 410. The van der Waals surface area contributed by atoms with E-state index in [-0.39, 0.29) is 12.6 Å². The van der Waals surface area contributed by atoms with Gasteiger partial charge in [-0.05, 0) is 56.8 Å². The Hall–Kier alpha value is -1.13. The van der Waals surface area contributed by atoms with Gasteiger partial charge in [0.1, 0.15) is 5.82 Å². The molecule has 2 heterocycles. The van der Waals surface area contributed by atoms with Crippen LogP contribution in [0.1, 0.15) is 51.1 Å². The van der Waals surface area contributed by atoms with Crippen molar-refractivity contribution in [2.24, 2.45) is 0 Å². The number of rotatable bonds is 6. The molecule has 1 saturated heterocycles. The van der Waals surface area contributed by atoms with Gasteiger partial charge in [0.15, 0.2) is 0 Å². The smallest absolute Gasteiger partial charge is 0.129 e. The molecule has 1 aliphatic heterocycles.